The van der Waals surface area contributed by atoms with Gasteiger partial charge in [-0.3, -0.25) is 14.4 Å². The molecule has 0 aromatic heterocycles. The Morgan fingerprint density at radius 2 is 1.87 bits per heavy atom. The molecule has 1 spiro atoms. The molecule has 7 nitrogen and oxygen atoms in total. The zero-order valence-electron chi connectivity index (χ0n) is 16.8. The number of hydrogen-bond donors (Lipinski definition) is 1. The third-order valence-electron chi connectivity index (χ3n) is 6.13. The van der Waals surface area contributed by atoms with Gasteiger partial charge in [0.25, 0.3) is 0 Å². The first kappa shape index (κ1) is 19.6. The van der Waals surface area contributed by atoms with Crippen LogP contribution < -0.4 is 10.2 Å². The predicted octanol–water partition coefficient (Wildman–Crippen LogP) is 2.30. The number of carbonyl (C=O) groups excluding carboxylic acids is 3. The molecular formula is C23H22N4O3. The highest BCUT2D eigenvalue weighted by atomic mass is 16.2. The van der Waals surface area contributed by atoms with E-state index in [0.717, 1.165) is 5.56 Å². The van der Waals surface area contributed by atoms with Gasteiger partial charge in [0, 0.05) is 31.4 Å². The normalized spacial score (nSPS) is 22.9. The molecule has 2 aromatic carbocycles. The molecule has 7 heteroatoms. The van der Waals surface area contributed by atoms with Gasteiger partial charge < -0.3 is 15.1 Å². The lowest BCUT2D eigenvalue weighted by Crippen LogP contribution is -2.46. The van der Waals surface area contributed by atoms with Crippen LogP contribution in [0.4, 0.5) is 11.4 Å². The summed E-state index contributed by atoms with van der Waals surface area (Å²) in [6.45, 7) is 1.63. The second-order valence-electron chi connectivity index (χ2n) is 7.85. The maximum atomic E-state index is 13.2. The second-order valence-corrected chi connectivity index (χ2v) is 7.85. The van der Waals surface area contributed by atoms with Crippen LogP contribution in [-0.2, 0) is 19.8 Å². The van der Waals surface area contributed by atoms with Gasteiger partial charge in [-0.15, -0.1) is 0 Å². The number of benzene rings is 2. The highest BCUT2D eigenvalue weighted by Gasteiger charge is 2.56. The number of nitriles is 1. The number of nitrogens with zero attached hydrogens (tertiary/aromatic N) is 3. The smallest absolute Gasteiger partial charge is 0.239 e. The summed E-state index contributed by atoms with van der Waals surface area (Å²) in [7, 11) is 1.62. The van der Waals surface area contributed by atoms with E-state index in [1.807, 2.05) is 42.5 Å². The molecule has 30 heavy (non-hydrogen) atoms. The Morgan fingerprint density at radius 1 is 1.20 bits per heavy atom. The highest BCUT2D eigenvalue weighted by Crippen LogP contribution is 2.46. The van der Waals surface area contributed by atoms with Crippen LogP contribution in [0.5, 0.6) is 0 Å². The third-order valence-corrected chi connectivity index (χ3v) is 6.13. The summed E-state index contributed by atoms with van der Waals surface area (Å²) in [6.07, 6.45) is 0.216. The maximum Gasteiger partial charge on any atom is 0.239 e. The molecule has 2 heterocycles. The van der Waals surface area contributed by atoms with E-state index < -0.39 is 23.3 Å². The Labute approximate surface area is 174 Å². The minimum atomic E-state index is -0.971. The maximum absolute atomic E-state index is 13.2. The van der Waals surface area contributed by atoms with Crippen molar-refractivity contribution in [1.29, 1.82) is 5.26 Å². The lowest BCUT2D eigenvalue weighted by Gasteiger charge is -2.27. The van der Waals surface area contributed by atoms with Crippen molar-refractivity contribution < 1.29 is 14.4 Å². The summed E-state index contributed by atoms with van der Waals surface area (Å²) in [4.78, 5) is 41.9. The summed E-state index contributed by atoms with van der Waals surface area (Å²) in [5, 5.41) is 12.6. The largest absolute Gasteiger partial charge is 0.325 e. The summed E-state index contributed by atoms with van der Waals surface area (Å²) >= 11 is 0. The van der Waals surface area contributed by atoms with Crippen molar-refractivity contribution in [2.75, 3.05) is 23.8 Å². The van der Waals surface area contributed by atoms with Crippen molar-refractivity contribution in [3.8, 4) is 6.07 Å². The fraction of sp³-hybridized carbons (Fsp3) is 0.304. The van der Waals surface area contributed by atoms with Crippen molar-refractivity contribution in [2.45, 2.75) is 24.8 Å². The molecule has 4 rings (SSSR count). The van der Waals surface area contributed by atoms with Crippen LogP contribution in [0.15, 0.2) is 54.6 Å². The minimum absolute atomic E-state index is 0.0829. The quantitative estimate of drug-likeness (QED) is 0.797. The lowest BCUT2D eigenvalue weighted by atomic mass is 9.80. The molecule has 2 aliphatic rings. The van der Waals surface area contributed by atoms with Crippen LogP contribution in [0.3, 0.4) is 0 Å². The molecule has 3 amide bonds. The molecule has 1 fully saturated rings. The minimum Gasteiger partial charge on any atom is -0.325 e. The molecule has 0 saturated carbocycles. The van der Waals surface area contributed by atoms with Gasteiger partial charge >= 0.3 is 0 Å². The molecule has 2 aliphatic heterocycles. The van der Waals surface area contributed by atoms with Gasteiger partial charge in [0.05, 0.1) is 11.5 Å². The Bertz CT molecular complexity index is 1060. The number of carbonyl (C=O) groups is 3. The van der Waals surface area contributed by atoms with Gasteiger partial charge in [0.15, 0.2) is 0 Å². The van der Waals surface area contributed by atoms with Crippen LogP contribution in [-0.4, -0.2) is 42.3 Å². The molecule has 152 valence electrons. The van der Waals surface area contributed by atoms with E-state index in [1.165, 1.54) is 9.80 Å². The predicted molar refractivity (Wildman–Crippen MR) is 111 cm³/mol. The lowest BCUT2D eigenvalue weighted by molar-refractivity contribution is -0.140. The fourth-order valence-electron chi connectivity index (χ4n) is 4.41. The van der Waals surface area contributed by atoms with Crippen LogP contribution in [0.1, 0.15) is 18.9 Å². The summed E-state index contributed by atoms with van der Waals surface area (Å²) < 4.78 is 0. The molecule has 0 bridgehead atoms. The van der Waals surface area contributed by atoms with E-state index in [0.29, 0.717) is 11.4 Å². The molecule has 0 aliphatic carbocycles. The number of likely N-dealkylation sites (tertiary alicyclic amines) is 1. The summed E-state index contributed by atoms with van der Waals surface area (Å²) in [6, 6.07) is 17.8. The van der Waals surface area contributed by atoms with Gasteiger partial charge in [-0.2, -0.15) is 5.26 Å². The van der Waals surface area contributed by atoms with Crippen LogP contribution >= 0.6 is 0 Å². The average Bonchev–Trinajstić information content (AvgIpc) is 3.31. The van der Waals surface area contributed by atoms with Crippen molar-refractivity contribution in [3.05, 3.63) is 60.2 Å². The van der Waals surface area contributed by atoms with Crippen LogP contribution in [0.25, 0.3) is 0 Å². The van der Waals surface area contributed by atoms with Crippen molar-refractivity contribution in [1.82, 2.24) is 4.90 Å². The van der Waals surface area contributed by atoms with Crippen molar-refractivity contribution in [3.63, 3.8) is 0 Å². The van der Waals surface area contributed by atoms with Crippen molar-refractivity contribution in [2.24, 2.45) is 5.92 Å². The number of rotatable bonds is 3. The van der Waals surface area contributed by atoms with Gasteiger partial charge in [-0.05, 0) is 30.7 Å². The number of para-hydroxylation sites is 2. The molecule has 0 radical (unpaired) electrons. The monoisotopic (exact) mass is 402 g/mol. The molecule has 2 aromatic rings. The number of fused-ring (bicyclic) bond motifs is 2. The van der Waals surface area contributed by atoms with E-state index in [2.05, 4.69) is 11.4 Å². The van der Waals surface area contributed by atoms with Crippen LogP contribution in [0.2, 0.25) is 0 Å². The van der Waals surface area contributed by atoms with Crippen LogP contribution in [0, 0.1) is 17.2 Å². The first-order valence-electron chi connectivity index (χ1n) is 9.83. The van der Waals surface area contributed by atoms with Gasteiger partial charge in [-0.25, -0.2) is 0 Å². The SMILES string of the molecule is CC(C(=O)N(C)c1ccccc1)C(=O)N1C[C@]2(C[C@H]1C#N)C(=O)Nc1ccccc12. The van der Waals surface area contributed by atoms with Gasteiger partial charge in [0.2, 0.25) is 17.7 Å². The van der Waals surface area contributed by atoms with E-state index in [1.54, 1.807) is 26.1 Å². The average molecular weight is 402 g/mol. The zero-order valence-corrected chi connectivity index (χ0v) is 16.8. The number of anilines is 2. The topological polar surface area (TPSA) is 93.5 Å². The molecular weight excluding hydrogens is 380 g/mol. The van der Waals surface area contributed by atoms with Crippen molar-refractivity contribution >= 4 is 29.1 Å². The first-order chi connectivity index (χ1) is 14.4. The fourth-order valence-corrected chi connectivity index (χ4v) is 4.41. The van der Waals surface area contributed by atoms with E-state index >= 15 is 0 Å². The summed E-state index contributed by atoms with van der Waals surface area (Å²) in [5.41, 5.74) is 1.23. The van der Waals surface area contributed by atoms with Gasteiger partial charge in [-0.1, -0.05) is 36.4 Å². The Kier molecular flexibility index (Phi) is 4.78. The molecule has 1 unspecified atom stereocenters. The van der Waals surface area contributed by atoms with E-state index in [9.17, 15) is 19.6 Å². The number of amides is 3. The second kappa shape index (κ2) is 7.30. The number of hydrogen-bond acceptors (Lipinski definition) is 4. The van der Waals surface area contributed by atoms with E-state index in [4.69, 9.17) is 0 Å². The Balaban J connectivity index is 1.59. The molecule has 1 saturated heterocycles. The Hall–Kier alpha value is -3.66. The molecule has 1 N–H and O–H groups in total. The zero-order chi connectivity index (χ0) is 21.5. The Morgan fingerprint density at radius 3 is 2.57 bits per heavy atom. The van der Waals surface area contributed by atoms with E-state index in [-0.39, 0.29) is 24.8 Å². The number of nitrogens with one attached hydrogen (secondary N) is 1. The molecule has 3 atom stereocenters. The standard InChI is InChI=1S/C23H22N4O3/c1-15(20(28)26(2)16-8-4-3-5-9-16)21(29)27-14-23(12-17(27)13-24)18-10-6-7-11-19(18)25-22(23)30/h3-11,15,17H,12,14H2,1-2H3,(H,25,30)/t15?,17-,23-/m0/s1. The van der Waals surface area contributed by atoms with Gasteiger partial charge in [0.1, 0.15) is 12.0 Å². The first-order valence-corrected chi connectivity index (χ1v) is 9.83. The summed E-state index contributed by atoms with van der Waals surface area (Å²) in [5.74, 6) is -1.98. The highest BCUT2D eigenvalue weighted by molar-refractivity contribution is 6.09. The third kappa shape index (κ3) is 2.92.